The molecule has 0 aliphatic heterocycles. The summed E-state index contributed by atoms with van der Waals surface area (Å²) in [6.07, 6.45) is 7.50. The second-order valence-corrected chi connectivity index (χ2v) is 1.56. The number of hydrogen-bond donors (Lipinski definition) is 0. The molecule has 0 radical (unpaired) electrons. The number of hydrogen-bond acceptors (Lipinski definition) is 0. The van der Waals surface area contributed by atoms with Crippen LogP contribution in [0, 0.1) is 0 Å². The molecule has 2 heteroatoms. The molecule has 0 aromatic carbocycles. The maximum atomic E-state index is 2.27. The molecule has 0 saturated carbocycles. The van der Waals surface area contributed by atoms with Crippen LogP contribution in [-0.4, -0.2) is 7.85 Å². The van der Waals surface area contributed by atoms with E-state index in [1.165, 1.54) is 25.7 Å². The largest absolute Gasteiger partial charge is 1.00 e. The zero-order valence-corrected chi connectivity index (χ0v) is 5.54. The van der Waals surface area contributed by atoms with Gasteiger partial charge in [0.15, 0.2) is 0 Å². The van der Waals surface area contributed by atoms with Crippen molar-refractivity contribution in [1.29, 1.82) is 0 Å². The quantitative estimate of drug-likeness (QED) is 0.297. The maximum absolute atomic E-state index is 2.27. The molecule has 0 saturated heterocycles. The molecule has 0 N–H and O–H groups in total. The fourth-order valence-corrected chi connectivity index (χ4v) is 0.427. The van der Waals surface area contributed by atoms with Crippen LogP contribution in [0.5, 0.6) is 0 Å². The summed E-state index contributed by atoms with van der Waals surface area (Å²) in [4.78, 5) is 0. The Morgan fingerprint density at radius 3 is 2.12 bits per heavy atom. The molecule has 0 aromatic rings. The Morgan fingerprint density at radius 2 is 1.75 bits per heavy atom. The first-order valence-electron chi connectivity index (χ1n) is 2.71. The molecule has 0 rings (SSSR count). The molecule has 0 unspecified atom stereocenters. The van der Waals surface area contributed by atoms with E-state index in [0.29, 0.717) is 0 Å². The molecule has 0 aromatic heterocycles. The van der Waals surface area contributed by atoms with Gasteiger partial charge in [0, 0.05) is 0 Å². The van der Waals surface area contributed by atoms with E-state index < -0.39 is 0 Å². The van der Waals surface area contributed by atoms with E-state index in [1.54, 1.807) is 6.32 Å². The van der Waals surface area contributed by atoms with E-state index in [0.717, 1.165) is 7.85 Å². The molecule has 0 nitrogen and oxygen atoms in total. The molecular formula is C6H16BLi. The van der Waals surface area contributed by atoms with Gasteiger partial charge in [0.2, 0.25) is 0 Å². The average molecular weight is 106 g/mol. The van der Waals surface area contributed by atoms with Gasteiger partial charge in [0.1, 0.15) is 0 Å². The van der Waals surface area contributed by atoms with Crippen molar-refractivity contribution in [3.05, 3.63) is 0 Å². The van der Waals surface area contributed by atoms with E-state index in [-0.39, 0.29) is 18.9 Å². The van der Waals surface area contributed by atoms with Crippen LogP contribution >= 0.6 is 0 Å². The summed E-state index contributed by atoms with van der Waals surface area (Å²) >= 11 is 0. The second kappa shape index (κ2) is 10.6. The Bertz CT molecular complexity index is 27.7. The van der Waals surface area contributed by atoms with Crippen LogP contribution in [0.1, 0.15) is 32.6 Å². The van der Waals surface area contributed by atoms with E-state index in [9.17, 15) is 0 Å². The Morgan fingerprint density at radius 1 is 1.12 bits per heavy atom. The SMILES string of the molecule is [BH3-]CCCCCC.[Li+]. The molecule has 0 aliphatic carbocycles. The van der Waals surface area contributed by atoms with Crippen molar-refractivity contribution < 1.29 is 18.9 Å². The van der Waals surface area contributed by atoms with Crippen molar-refractivity contribution >= 4 is 7.85 Å². The minimum absolute atomic E-state index is 0. The van der Waals surface area contributed by atoms with Crippen LogP contribution < -0.4 is 18.9 Å². The minimum Gasteiger partial charge on any atom is -0.187 e. The van der Waals surface area contributed by atoms with Gasteiger partial charge in [-0.15, -0.1) is 0 Å². The summed E-state index contributed by atoms with van der Waals surface area (Å²) < 4.78 is 0. The van der Waals surface area contributed by atoms with E-state index >= 15 is 0 Å². The van der Waals surface area contributed by atoms with Crippen molar-refractivity contribution in [3.8, 4) is 0 Å². The second-order valence-electron chi connectivity index (χ2n) is 1.56. The van der Waals surface area contributed by atoms with E-state index in [2.05, 4.69) is 6.92 Å². The van der Waals surface area contributed by atoms with Crippen LogP contribution in [0.3, 0.4) is 0 Å². The van der Waals surface area contributed by atoms with Crippen LogP contribution in [0.15, 0.2) is 0 Å². The maximum Gasteiger partial charge on any atom is 1.00 e. The normalized spacial score (nSPS) is 8.25. The fraction of sp³-hybridized carbons (Fsp3) is 1.00. The summed E-state index contributed by atoms with van der Waals surface area (Å²) in [5, 5.41) is 0. The van der Waals surface area contributed by atoms with Crippen LogP contribution in [0.2, 0.25) is 6.32 Å². The van der Waals surface area contributed by atoms with Gasteiger partial charge >= 0.3 is 18.9 Å². The fourth-order valence-electron chi connectivity index (χ4n) is 0.427. The predicted octanol–water partition coefficient (Wildman–Crippen LogP) is -1.65. The Hall–Kier alpha value is 0.662. The first kappa shape index (κ1) is 11.5. The zero-order valence-electron chi connectivity index (χ0n) is 5.54. The predicted molar refractivity (Wildman–Crippen MR) is 38.9 cm³/mol. The average Bonchev–Trinajstić information content (AvgIpc) is 1.69. The van der Waals surface area contributed by atoms with Crippen molar-refractivity contribution in [2.75, 3.05) is 0 Å². The van der Waals surface area contributed by atoms with Crippen LogP contribution in [0.4, 0.5) is 0 Å². The molecule has 0 spiro atoms. The standard InChI is InChI=1S/C6H16B.Li/c1-2-3-4-5-6-7;/h2-6H2,1,7H3;/q-1;+1. The van der Waals surface area contributed by atoms with E-state index in [1.807, 2.05) is 0 Å². The third-order valence-corrected chi connectivity index (χ3v) is 0.854. The minimum atomic E-state index is 0. The molecule has 8 heavy (non-hydrogen) atoms. The van der Waals surface area contributed by atoms with Gasteiger partial charge in [-0.2, -0.15) is 6.32 Å². The zero-order chi connectivity index (χ0) is 5.54. The van der Waals surface area contributed by atoms with Gasteiger partial charge in [-0.3, -0.25) is 0 Å². The van der Waals surface area contributed by atoms with Crippen molar-refractivity contribution in [2.45, 2.75) is 38.9 Å². The smallest absolute Gasteiger partial charge is 0.187 e. The Balaban J connectivity index is 0. The van der Waals surface area contributed by atoms with Gasteiger partial charge in [0.05, 0.1) is 0 Å². The van der Waals surface area contributed by atoms with Gasteiger partial charge in [-0.1, -0.05) is 32.6 Å². The third kappa shape index (κ3) is 9.83. The number of unbranched alkanes of at least 4 members (excludes halogenated alkanes) is 3. The third-order valence-electron chi connectivity index (χ3n) is 0.854. The first-order valence-corrected chi connectivity index (χ1v) is 2.71. The van der Waals surface area contributed by atoms with E-state index in [4.69, 9.17) is 0 Å². The van der Waals surface area contributed by atoms with Gasteiger partial charge in [-0.25, -0.2) is 0 Å². The monoisotopic (exact) mass is 106 g/mol. The molecular weight excluding hydrogens is 89.8 g/mol. The molecule has 0 amide bonds. The van der Waals surface area contributed by atoms with Crippen LogP contribution in [-0.2, 0) is 0 Å². The molecule has 0 fully saturated rings. The van der Waals surface area contributed by atoms with Crippen molar-refractivity contribution in [1.82, 2.24) is 0 Å². The Kier molecular flexibility index (Phi) is 15.2. The summed E-state index contributed by atoms with van der Waals surface area (Å²) in [5.74, 6) is 0. The molecule has 44 valence electrons. The van der Waals surface area contributed by atoms with Crippen molar-refractivity contribution in [3.63, 3.8) is 0 Å². The summed E-state index contributed by atoms with van der Waals surface area (Å²) in [7, 11) is 0.734. The summed E-state index contributed by atoms with van der Waals surface area (Å²) in [5.41, 5.74) is 0. The summed E-state index contributed by atoms with van der Waals surface area (Å²) in [6.45, 7) is 2.27. The summed E-state index contributed by atoms with van der Waals surface area (Å²) in [6, 6.07) is 0. The molecule has 0 bridgehead atoms. The van der Waals surface area contributed by atoms with Crippen molar-refractivity contribution in [2.24, 2.45) is 0 Å². The molecule has 0 atom stereocenters. The topological polar surface area (TPSA) is 0 Å². The van der Waals surface area contributed by atoms with Gasteiger partial charge in [0.25, 0.3) is 0 Å². The Labute approximate surface area is 66.0 Å². The molecule has 0 heterocycles. The van der Waals surface area contributed by atoms with Gasteiger partial charge < -0.3 is 0 Å². The molecule has 0 aliphatic rings. The van der Waals surface area contributed by atoms with Crippen LogP contribution in [0.25, 0.3) is 0 Å². The van der Waals surface area contributed by atoms with Gasteiger partial charge in [-0.05, 0) is 7.85 Å². The first-order chi connectivity index (χ1) is 3.41. The number of rotatable bonds is 4.